The first kappa shape index (κ1) is 25.5. The van der Waals surface area contributed by atoms with E-state index in [-0.39, 0.29) is 5.97 Å². The number of anilines is 1. The Bertz CT molecular complexity index is 1010. The molecule has 0 saturated carbocycles. The largest absolute Gasteiger partial charge is 0.497 e. The summed E-state index contributed by atoms with van der Waals surface area (Å²) in [7, 11) is 3.28. The van der Waals surface area contributed by atoms with Crippen LogP contribution in [0.3, 0.4) is 0 Å². The zero-order chi connectivity index (χ0) is 24.1. The summed E-state index contributed by atoms with van der Waals surface area (Å²) in [5, 5.41) is 3.43. The van der Waals surface area contributed by atoms with Gasteiger partial charge < -0.3 is 19.5 Å². The standard InChI is InChI=1S/C26H27NO4.C2H6/c1-4-31-26(28)20-10-12-23(13-11-20)27-18-22(14-19-8-6-5-7-9-19)21-15-24(29-2)17-25(16-21)30-3;1-2/h5-17,27H,4,18H2,1-3H3;1-2H3/b22-14-;. The average molecular weight is 448 g/mol. The molecule has 0 fully saturated rings. The van der Waals surface area contributed by atoms with Crippen LogP contribution in [0.25, 0.3) is 11.6 Å². The fourth-order valence-electron chi connectivity index (χ4n) is 3.12. The molecule has 174 valence electrons. The van der Waals surface area contributed by atoms with E-state index in [0.29, 0.717) is 18.7 Å². The van der Waals surface area contributed by atoms with Crippen LogP contribution in [-0.4, -0.2) is 33.3 Å². The van der Waals surface area contributed by atoms with Gasteiger partial charge >= 0.3 is 5.97 Å². The third-order valence-corrected chi connectivity index (χ3v) is 4.74. The van der Waals surface area contributed by atoms with Crippen molar-refractivity contribution in [3.05, 3.63) is 89.5 Å². The fraction of sp³-hybridized carbons (Fsp3) is 0.250. The number of rotatable bonds is 9. The molecule has 0 radical (unpaired) electrons. The molecule has 0 spiro atoms. The second-order valence-electron chi connectivity index (χ2n) is 6.83. The molecule has 0 aromatic heterocycles. The molecule has 0 aliphatic carbocycles. The number of ether oxygens (including phenoxy) is 3. The van der Waals surface area contributed by atoms with Gasteiger partial charge in [0.1, 0.15) is 11.5 Å². The van der Waals surface area contributed by atoms with Gasteiger partial charge in [-0.1, -0.05) is 44.2 Å². The number of benzene rings is 3. The van der Waals surface area contributed by atoms with Crippen LogP contribution in [0.1, 0.15) is 42.3 Å². The molecule has 33 heavy (non-hydrogen) atoms. The summed E-state index contributed by atoms with van der Waals surface area (Å²) in [6.07, 6.45) is 2.13. The predicted octanol–water partition coefficient (Wildman–Crippen LogP) is 6.56. The molecule has 0 aliphatic heterocycles. The van der Waals surface area contributed by atoms with Crippen molar-refractivity contribution in [2.75, 3.05) is 32.7 Å². The first-order valence-corrected chi connectivity index (χ1v) is 11.1. The molecule has 0 heterocycles. The normalized spacial score (nSPS) is 10.5. The maximum atomic E-state index is 11.9. The molecule has 0 bridgehead atoms. The second-order valence-corrected chi connectivity index (χ2v) is 6.83. The highest BCUT2D eigenvalue weighted by Crippen LogP contribution is 2.28. The number of carbonyl (C=O) groups is 1. The molecule has 5 nitrogen and oxygen atoms in total. The van der Waals surface area contributed by atoms with Crippen LogP contribution in [0, 0.1) is 0 Å². The van der Waals surface area contributed by atoms with Gasteiger partial charge in [0.05, 0.1) is 26.4 Å². The van der Waals surface area contributed by atoms with Gasteiger partial charge in [-0.25, -0.2) is 4.79 Å². The van der Waals surface area contributed by atoms with Crippen LogP contribution in [-0.2, 0) is 4.74 Å². The van der Waals surface area contributed by atoms with Crippen LogP contribution in [0.15, 0.2) is 72.8 Å². The smallest absolute Gasteiger partial charge is 0.338 e. The number of hydrogen-bond donors (Lipinski definition) is 1. The molecule has 3 aromatic carbocycles. The highest BCUT2D eigenvalue weighted by molar-refractivity contribution is 5.90. The Morgan fingerprint density at radius 2 is 1.45 bits per heavy atom. The fourth-order valence-corrected chi connectivity index (χ4v) is 3.12. The van der Waals surface area contributed by atoms with E-state index in [2.05, 4.69) is 23.5 Å². The quantitative estimate of drug-likeness (QED) is 0.297. The maximum Gasteiger partial charge on any atom is 0.338 e. The van der Waals surface area contributed by atoms with E-state index in [9.17, 15) is 4.79 Å². The summed E-state index contributed by atoms with van der Waals surface area (Å²) in [5.74, 6) is 1.14. The molecule has 0 amide bonds. The number of esters is 1. The minimum atomic E-state index is -0.317. The minimum Gasteiger partial charge on any atom is -0.497 e. The highest BCUT2D eigenvalue weighted by atomic mass is 16.5. The lowest BCUT2D eigenvalue weighted by molar-refractivity contribution is 0.0526. The summed E-state index contributed by atoms with van der Waals surface area (Å²) in [5.41, 5.74) is 4.60. The number of carbonyl (C=O) groups excluding carboxylic acids is 1. The average Bonchev–Trinajstić information content (AvgIpc) is 2.88. The van der Waals surface area contributed by atoms with Crippen molar-refractivity contribution in [3.8, 4) is 11.5 Å². The molecular formula is C28H33NO4. The Balaban J connectivity index is 0.00000187. The second kappa shape index (κ2) is 13.6. The Labute approximate surface area is 197 Å². The molecule has 0 unspecified atom stereocenters. The maximum absolute atomic E-state index is 11.9. The Morgan fingerprint density at radius 3 is 2.00 bits per heavy atom. The lowest BCUT2D eigenvalue weighted by atomic mass is 10.0. The van der Waals surface area contributed by atoms with Crippen LogP contribution in [0.5, 0.6) is 11.5 Å². The van der Waals surface area contributed by atoms with Gasteiger partial charge in [0.25, 0.3) is 0 Å². The first-order valence-electron chi connectivity index (χ1n) is 11.1. The van der Waals surface area contributed by atoms with Crippen molar-refractivity contribution in [1.29, 1.82) is 0 Å². The molecule has 3 rings (SSSR count). The van der Waals surface area contributed by atoms with E-state index < -0.39 is 0 Å². The van der Waals surface area contributed by atoms with Gasteiger partial charge in [-0.05, 0) is 66.1 Å². The van der Waals surface area contributed by atoms with Crippen LogP contribution >= 0.6 is 0 Å². The lowest BCUT2D eigenvalue weighted by Crippen LogP contribution is -2.07. The third kappa shape index (κ3) is 7.72. The molecular weight excluding hydrogens is 414 g/mol. The zero-order valence-electron chi connectivity index (χ0n) is 20.1. The van der Waals surface area contributed by atoms with E-state index >= 15 is 0 Å². The number of methoxy groups -OCH3 is 2. The van der Waals surface area contributed by atoms with Crippen LogP contribution in [0.4, 0.5) is 5.69 Å². The Hall–Kier alpha value is -3.73. The van der Waals surface area contributed by atoms with Crippen molar-refractivity contribution in [2.45, 2.75) is 20.8 Å². The number of hydrogen-bond acceptors (Lipinski definition) is 5. The Kier molecular flexibility index (Phi) is 10.5. The summed E-state index contributed by atoms with van der Waals surface area (Å²) >= 11 is 0. The van der Waals surface area contributed by atoms with Gasteiger partial charge in [-0.2, -0.15) is 0 Å². The van der Waals surface area contributed by atoms with Gasteiger partial charge in [-0.15, -0.1) is 0 Å². The van der Waals surface area contributed by atoms with Crippen LogP contribution < -0.4 is 14.8 Å². The monoisotopic (exact) mass is 447 g/mol. The van der Waals surface area contributed by atoms with Gasteiger partial charge in [0, 0.05) is 18.3 Å². The van der Waals surface area contributed by atoms with E-state index in [1.54, 1.807) is 33.3 Å². The lowest BCUT2D eigenvalue weighted by Gasteiger charge is -2.14. The molecule has 3 aromatic rings. The van der Waals surface area contributed by atoms with E-state index in [1.165, 1.54) is 0 Å². The van der Waals surface area contributed by atoms with Crippen molar-refractivity contribution in [1.82, 2.24) is 0 Å². The zero-order valence-corrected chi connectivity index (χ0v) is 20.1. The molecule has 1 N–H and O–H groups in total. The topological polar surface area (TPSA) is 56.8 Å². The summed E-state index contributed by atoms with van der Waals surface area (Å²) in [4.78, 5) is 11.9. The summed E-state index contributed by atoms with van der Waals surface area (Å²) < 4.78 is 15.9. The first-order chi connectivity index (χ1) is 16.1. The minimum absolute atomic E-state index is 0.317. The van der Waals surface area contributed by atoms with Crippen molar-refractivity contribution in [2.24, 2.45) is 0 Å². The number of nitrogens with one attached hydrogen (secondary N) is 1. The van der Waals surface area contributed by atoms with Gasteiger partial charge in [0.2, 0.25) is 0 Å². The molecule has 0 aliphatic rings. The van der Waals surface area contributed by atoms with Crippen molar-refractivity contribution < 1.29 is 19.0 Å². The molecule has 0 atom stereocenters. The van der Waals surface area contributed by atoms with Crippen molar-refractivity contribution >= 4 is 23.3 Å². The third-order valence-electron chi connectivity index (χ3n) is 4.74. The SMILES string of the molecule is CC.CCOC(=O)c1ccc(NC/C(=C/c2ccccc2)c2cc(OC)cc(OC)c2)cc1. The summed E-state index contributed by atoms with van der Waals surface area (Å²) in [6.45, 7) is 6.72. The van der Waals surface area contributed by atoms with E-state index in [4.69, 9.17) is 14.2 Å². The summed E-state index contributed by atoms with van der Waals surface area (Å²) in [6, 6.07) is 23.2. The van der Waals surface area contributed by atoms with Crippen LogP contribution in [0.2, 0.25) is 0 Å². The Morgan fingerprint density at radius 1 is 0.848 bits per heavy atom. The highest BCUT2D eigenvalue weighted by Gasteiger charge is 2.09. The molecule has 5 heteroatoms. The predicted molar refractivity (Wildman–Crippen MR) is 136 cm³/mol. The van der Waals surface area contributed by atoms with E-state index in [0.717, 1.165) is 33.9 Å². The molecule has 0 saturated heterocycles. The van der Waals surface area contributed by atoms with Gasteiger partial charge in [-0.3, -0.25) is 0 Å². The van der Waals surface area contributed by atoms with Gasteiger partial charge in [0.15, 0.2) is 0 Å². The van der Waals surface area contributed by atoms with E-state index in [1.807, 2.05) is 62.4 Å². The van der Waals surface area contributed by atoms with Crippen molar-refractivity contribution in [3.63, 3.8) is 0 Å².